The second kappa shape index (κ2) is 7.77. The molecule has 31 heavy (non-hydrogen) atoms. The monoisotopic (exact) mass is 466 g/mol. The number of rotatable bonds is 5. The average molecular weight is 466 g/mol. The van der Waals surface area contributed by atoms with Crippen molar-refractivity contribution >= 4 is 53.8 Å². The second-order valence-corrected chi connectivity index (χ2v) is 9.55. The van der Waals surface area contributed by atoms with Crippen molar-refractivity contribution in [3.8, 4) is 5.75 Å². The van der Waals surface area contributed by atoms with Crippen LogP contribution in [0.2, 0.25) is 0 Å². The maximum atomic E-state index is 11.9. The first-order valence-corrected chi connectivity index (χ1v) is 11.4. The van der Waals surface area contributed by atoms with E-state index in [1.54, 1.807) is 24.3 Å². The molecule has 3 aromatic carbocycles. The molecule has 0 radical (unpaired) electrons. The number of nitrogens with zero attached hydrogens (tertiary/aromatic N) is 3. The van der Waals surface area contributed by atoms with Crippen molar-refractivity contribution in [1.82, 2.24) is 0 Å². The van der Waals surface area contributed by atoms with Crippen molar-refractivity contribution in [3.63, 3.8) is 0 Å². The fraction of sp³-hybridized carbons (Fsp3) is 0.111. The van der Waals surface area contributed by atoms with E-state index in [0.717, 1.165) is 23.9 Å². The Morgan fingerprint density at radius 1 is 0.903 bits per heavy atom. The fourth-order valence-corrected chi connectivity index (χ4v) is 4.07. The van der Waals surface area contributed by atoms with Crippen LogP contribution in [-0.4, -0.2) is 45.1 Å². The molecule has 0 fully saturated rings. The predicted molar refractivity (Wildman–Crippen MR) is 115 cm³/mol. The lowest BCUT2D eigenvalue weighted by Crippen LogP contribution is -2.07. The molecule has 0 amide bonds. The van der Waals surface area contributed by atoms with E-state index in [0.29, 0.717) is 5.69 Å². The lowest BCUT2D eigenvalue weighted by molar-refractivity contribution is 0.472. The highest BCUT2D eigenvalue weighted by atomic mass is 32.2. The number of anilines is 2. The van der Waals surface area contributed by atoms with Crippen LogP contribution >= 0.6 is 0 Å². The van der Waals surface area contributed by atoms with Crippen LogP contribution in [0.25, 0.3) is 10.8 Å². The van der Waals surface area contributed by atoms with Crippen LogP contribution < -0.4 is 10.6 Å². The normalized spacial score (nSPS) is 12.5. The van der Waals surface area contributed by atoms with E-state index < -0.39 is 41.5 Å². The van der Waals surface area contributed by atoms with E-state index in [9.17, 15) is 31.0 Å². The summed E-state index contributed by atoms with van der Waals surface area (Å²) in [6.07, 6.45) is 0. The second-order valence-electron chi connectivity index (χ2n) is 6.74. The van der Waals surface area contributed by atoms with Gasteiger partial charge in [0.15, 0.2) is 5.75 Å². The van der Waals surface area contributed by atoms with Crippen LogP contribution in [0.4, 0.5) is 22.7 Å². The molecule has 164 valence electrons. The predicted octanol–water partition coefficient (Wildman–Crippen LogP) is 3.10. The first-order valence-electron chi connectivity index (χ1n) is 8.52. The summed E-state index contributed by atoms with van der Waals surface area (Å²) in [6.45, 7) is 0. The Bertz CT molecular complexity index is 1420. The highest BCUT2D eigenvalue weighted by Crippen LogP contribution is 2.44. The molecule has 0 aromatic heterocycles. The molecule has 0 spiro atoms. The molecule has 0 atom stereocenters. The van der Waals surface area contributed by atoms with Crippen molar-refractivity contribution in [3.05, 3.63) is 42.5 Å². The summed E-state index contributed by atoms with van der Waals surface area (Å²) in [4.78, 5) is 0.419. The van der Waals surface area contributed by atoms with Crippen LogP contribution in [0.3, 0.4) is 0 Å². The van der Waals surface area contributed by atoms with Crippen molar-refractivity contribution < 1.29 is 31.0 Å². The minimum Gasteiger partial charge on any atom is -0.505 e. The zero-order valence-electron chi connectivity index (χ0n) is 16.3. The Kier molecular flexibility index (Phi) is 5.62. The molecule has 0 heterocycles. The summed E-state index contributed by atoms with van der Waals surface area (Å²) in [7, 11) is -5.87. The average Bonchev–Trinajstić information content (AvgIpc) is 2.65. The third-order valence-corrected chi connectivity index (χ3v) is 6.06. The standard InChI is InChI=1S/C18H18N4O7S2/c1-22(2)12-5-3-11(4-6-12)20-21-17-15(31(27,28)29)8-10-7-13(30(24,25)26)9-14(19)16(10)18(17)23/h3-9,23H,19H2,1-2H3,(H,24,25,26)(H,27,28,29). The smallest absolute Gasteiger partial charge is 0.296 e. The summed E-state index contributed by atoms with van der Waals surface area (Å²) in [5.74, 6) is -0.738. The number of aromatic hydroxyl groups is 1. The minimum absolute atomic E-state index is 0.128. The van der Waals surface area contributed by atoms with Crippen molar-refractivity contribution in [1.29, 1.82) is 0 Å². The number of nitrogens with two attached hydrogens (primary N) is 1. The number of phenols is 1. The van der Waals surface area contributed by atoms with Gasteiger partial charge in [-0.15, -0.1) is 5.11 Å². The molecule has 0 saturated carbocycles. The van der Waals surface area contributed by atoms with Gasteiger partial charge in [-0.3, -0.25) is 9.11 Å². The molecular formula is C18H18N4O7S2. The summed E-state index contributed by atoms with van der Waals surface area (Å²) >= 11 is 0. The van der Waals surface area contributed by atoms with Gasteiger partial charge in [-0.05, 0) is 47.9 Å². The molecule has 13 heteroatoms. The van der Waals surface area contributed by atoms with E-state index in [4.69, 9.17) is 5.73 Å². The molecule has 0 aliphatic rings. The maximum Gasteiger partial charge on any atom is 0.296 e. The van der Waals surface area contributed by atoms with Gasteiger partial charge in [0.2, 0.25) is 0 Å². The number of hydrogen-bond acceptors (Lipinski definition) is 9. The minimum atomic E-state index is -4.90. The van der Waals surface area contributed by atoms with Gasteiger partial charge in [0.1, 0.15) is 10.6 Å². The summed E-state index contributed by atoms with van der Waals surface area (Å²) in [5, 5.41) is 18.0. The number of azo groups is 1. The number of hydrogen-bond donors (Lipinski definition) is 4. The van der Waals surface area contributed by atoms with Gasteiger partial charge in [-0.2, -0.15) is 21.9 Å². The number of benzene rings is 3. The molecule has 0 bridgehead atoms. The van der Waals surface area contributed by atoms with Crippen LogP contribution in [0.1, 0.15) is 0 Å². The van der Waals surface area contributed by atoms with E-state index >= 15 is 0 Å². The molecule has 3 rings (SSSR count). The molecule has 0 aliphatic heterocycles. The zero-order valence-corrected chi connectivity index (χ0v) is 17.9. The van der Waals surface area contributed by atoms with Gasteiger partial charge in [0.05, 0.1) is 10.6 Å². The molecule has 0 aliphatic carbocycles. The van der Waals surface area contributed by atoms with Gasteiger partial charge in [0.25, 0.3) is 20.2 Å². The van der Waals surface area contributed by atoms with Crippen LogP contribution in [0, 0.1) is 0 Å². The maximum absolute atomic E-state index is 11.9. The van der Waals surface area contributed by atoms with Crippen molar-refractivity contribution in [2.75, 3.05) is 24.7 Å². The molecule has 0 saturated heterocycles. The Morgan fingerprint density at radius 2 is 1.52 bits per heavy atom. The zero-order chi connectivity index (χ0) is 23.1. The van der Waals surface area contributed by atoms with Crippen LogP contribution in [0.15, 0.2) is 62.5 Å². The van der Waals surface area contributed by atoms with Gasteiger partial charge in [-0.25, -0.2) is 0 Å². The highest BCUT2D eigenvalue weighted by molar-refractivity contribution is 7.86. The molecule has 11 nitrogen and oxygen atoms in total. The van der Waals surface area contributed by atoms with E-state index in [-0.39, 0.29) is 16.5 Å². The van der Waals surface area contributed by atoms with Gasteiger partial charge < -0.3 is 15.7 Å². The third kappa shape index (κ3) is 4.59. The van der Waals surface area contributed by atoms with Crippen molar-refractivity contribution in [2.45, 2.75) is 9.79 Å². The SMILES string of the molecule is CN(C)c1ccc(N=Nc2c(S(=O)(=O)O)cc3cc(S(=O)(=O)O)cc(N)c3c2O)cc1. The first-order chi connectivity index (χ1) is 14.3. The molecule has 3 aromatic rings. The summed E-state index contributed by atoms with van der Waals surface area (Å²) in [5.41, 5.74) is 6.18. The topological polar surface area (TPSA) is 183 Å². The largest absolute Gasteiger partial charge is 0.505 e. The Hall–Kier alpha value is -3.26. The fourth-order valence-electron chi connectivity index (χ4n) is 2.86. The summed E-state index contributed by atoms with van der Waals surface area (Å²) in [6, 6.07) is 9.37. The highest BCUT2D eigenvalue weighted by Gasteiger charge is 2.24. The lowest BCUT2D eigenvalue weighted by atomic mass is 10.1. The van der Waals surface area contributed by atoms with Gasteiger partial charge >= 0.3 is 0 Å². The summed E-state index contributed by atoms with van der Waals surface area (Å²) < 4.78 is 65.5. The Balaban J connectivity index is 2.25. The lowest BCUT2D eigenvalue weighted by Gasteiger charge is -2.12. The quantitative estimate of drug-likeness (QED) is 0.249. The van der Waals surface area contributed by atoms with E-state index in [1.165, 1.54) is 0 Å². The van der Waals surface area contributed by atoms with E-state index in [2.05, 4.69) is 10.2 Å². The number of nitrogen functional groups attached to an aromatic ring is 1. The Labute approximate surface area is 177 Å². The Morgan fingerprint density at radius 3 is 2.03 bits per heavy atom. The molecule has 0 unspecified atom stereocenters. The van der Waals surface area contributed by atoms with Crippen LogP contribution in [-0.2, 0) is 20.2 Å². The molecule has 5 N–H and O–H groups in total. The van der Waals surface area contributed by atoms with E-state index in [1.807, 2.05) is 19.0 Å². The first kappa shape index (κ1) is 22.4. The molecular weight excluding hydrogens is 448 g/mol. The van der Waals surface area contributed by atoms with Crippen LogP contribution in [0.5, 0.6) is 5.75 Å². The number of fused-ring (bicyclic) bond motifs is 1. The van der Waals surface area contributed by atoms with Gasteiger partial charge in [-0.1, -0.05) is 0 Å². The third-order valence-electron chi connectivity index (χ3n) is 4.36. The number of phenolic OH excluding ortho intramolecular Hbond substituents is 1. The van der Waals surface area contributed by atoms with Gasteiger partial charge in [0, 0.05) is 30.9 Å². The van der Waals surface area contributed by atoms with Crippen molar-refractivity contribution in [2.24, 2.45) is 10.2 Å².